The van der Waals surface area contributed by atoms with E-state index in [9.17, 15) is 0 Å². The summed E-state index contributed by atoms with van der Waals surface area (Å²) in [6, 6.07) is 6.27. The van der Waals surface area contributed by atoms with Crippen LogP contribution in [0.5, 0.6) is 0 Å². The molecule has 5 heteroatoms. The van der Waals surface area contributed by atoms with E-state index in [4.69, 9.17) is 11.1 Å². The van der Waals surface area contributed by atoms with Crippen LogP contribution in [-0.2, 0) is 6.54 Å². The van der Waals surface area contributed by atoms with E-state index in [1.807, 2.05) is 6.07 Å². The molecule has 0 aromatic carbocycles. The molecule has 2 aromatic heterocycles. The van der Waals surface area contributed by atoms with Gasteiger partial charge in [0.25, 0.3) is 0 Å². The highest BCUT2D eigenvalue weighted by Crippen LogP contribution is 2.24. The second kappa shape index (κ2) is 5.84. The van der Waals surface area contributed by atoms with Gasteiger partial charge in [-0.2, -0.15) is 0 Å². The number of anilines is 1. The molecule has 4 nitrogen and oxygen atoms in total. The van der Waals surface area contributed by atoms with Crippen molar-refractivity contribution in [2.75, 3.05) is 4.90 Å². The molecule has 19 heavy (non-hydrogen) atoms. The van der Waals surface area contributed by atoms with Crippen LogP contribution < -0.4 is 10.6 Å². The first-order valence-corrected chi connectivity index (χ1v) is 7.05. The number of hydrogen-bond donors (Lipinski definition) is 2. The zero-order chi connectivity index (χ0) is 13.8. The summed E-state index contributed by atoms with van der Waals surface area (Å²) in [6.45, 7) is 5.07. The Bertz CT molecular complexity index is 548. The van der Waals surface area contributed by atoms with Crippen LogP contribution in [0.3, 0.4) is 0 Å². The highest BCUT2D eigenvalue weighted by Gasteiger charge is 2.16. The van der Waals surface area contributed by atoms with Gasteiger partial charge in [0, 0.05) is 22.7 Å². The van der Waals surface area contributed by atoms with Crippen LogP contribution >= 0.6 is 11.3 Å². The summed E-state index contributed by atoms with van der Waals surface area (Å²) in [5, 5.41) is 9.76. The summed E-state index contributed by atoms with van der Waals surface area (Å²) in [4.78, 5) is 7.67. The molecule has 0 amide bonds. The Morgan fingerprint density at radius 1 is 1.47 bits per heavy atom. The molecule has 0 spiro atoms. The van der Waals surface area contributed by atoms with Crippen molar-refractivity contribution in [3.63, 3.8) is 0 Å². The lowest BCUT2D eigenvalue weighted by Crippen LogP contribution is -2.32. The molecule has 0 atom stereocenters. The highest BCUT2D eigenvalue weighted by atomic mass is 32.1. The molecule has 0 radical (unpaired) electrons. The maximum absolute atomic E-state index is 7.69. The van der Waals surface area contributed by atoms with Crippen LogP contribution in [0, 0.1) is 5.41 Å². The highest BCUT2D eigenvalue weighted by molar-refractivity contribution is 7.09. The van der Waals surface area contributed by atoms with Crippen LogP contribution in [0.15, 0.2) is 36.0 Å². The molecule has 0 fully saturated rings. The summed E-state index contributed by atoms with van der Waals surface area (Å²) in [5.74, 6) is 0.0780. The fourth-order valence-corrected chi connectivity index (χ4v) is 2.66. The van der Waals surface area contributed by atoms with Crippen LogP contribution in [0.2, 0.25) is 0 Å². The number of thiophene rings is 1. The smallest absolute Gasteiger partial charge is 0.125 e. The Labute approximate surface area is 117 Å². The number of hydrogen-bond acceptors (Lipinski definition) is 4. The predicted octanol–water partition coefficient (Wildman–Crippen LogP) is 2.84. The van der Waals surface area contributed by atoms with Crippen molar-refractivity contribution in [1.29, 1.82) is 5.41 Å². The van der Waals surface area contributed by atoms with Crippen molar-refractivity contribution < 1.29 is 0 Å². The SMILES string of the molecule is CC(C)N(Cc1cccs1)c1cnccc1C(=N)N. The number of pyridine rings is 1. The Hall–Kier alpha value is -1.88. The third kappa shape index (κ3) is 3.12. The van der Waals surface area contributed by atoms with E-state index in [-0.39, 0.29) is 5.84 Å². The fraction of sp³-hybridized carbons (Fsp3) is 0.286. The average molecular weight is 274 g/mol. The van der Waals surface area contributed by atoms with E-state index in [0.29, 0.717) is 6.04 Å². The van der Waals surface area contributed by atoms with Crippen molar-refractivity contribution >= 4 is 22.9 Å². The molecule has 2 aromatic rings. The standard InChI is InChI=1S/C14H18N4S/c1-10(2)18(9-11-4-3-7-19-11)13-8-17-6-5-12(13)14(15)16/h3-8,10H,9H2,1-2H3,(H3,15,16). The molecule has 2 heterocycles. The quantitative estimate of drug-likeness (QED) is 0.651. The number of rotatable bonds is 5. The molecule has 0 aliphatic carbocycles. The van der Waals surface area contributed by atoms with Crippen LogP contribution in [-0.4, -0.2) is 16.9 Å². The van der Waals surface area contributed by atoms with E-state index in [2.05, 4.69) is 35.2 Å². The van der Waals surface area contributed by atoms with Gasteiger partial charge in [-0.1, -0.05) is 6.07 Å². The second-order valence-corrected chi connectivity index (χ2v) is 5.64. The average Bonchev–Trinajstić information content (AvgIpc) is 2.88. The molecule has 0 aliphatic rings. The van der Waals surface area contributed by atoms with Crippen molar-refractivity contribution in [3.05, 3.63) is 46.4 Å². The molecule has 0 aliphatic heterocycles. The van der Waals surface area contributed by atoms with Gasteiger partial charge in [0.15, 0.2) is 0 Å². The zero-order valence-electron chi connectivity index (χ0n) is 11.1. The van der Waals surface area contributed by atoms with Gasteiger partial charge in [-0.15, -0.1) is 11.3 Å². The van der Waals surface area contributed by atoms with E-state index in [1.54, 1.807) is 29.8 Å². The zero-order valence-corrected chi connectivity index (χ0v) is 11.9. The van der Waals surface area contributed by atoms with Gasteiger partial charge in [-0.25, -0.2) is 0 Å². The van der Waals surface area contributed by atoms with Gasteiger partial charge in [-0.05, 0) is 31.4 Å². The first-order valence-electron chi connectivity index (χ1n) is 6.17. The van der Waals surface area contributed by atoms with Gasteiger partial charge in [0.2, 0.25) is 0 Å². The molecule has 0 saturated carbocycles. The van der Waals surface area contributed by atoms with Crippen molar-refractivity contribution in [2.45, 2.75) is 26.4 Å². The second-order valence-electron chi connectivity index (χ2n) is 4.61. The van der Waals surface area contributed by atoms with Gasteiger partial charge < -0.3 is 10.6 Å². The van der Waals surface area contributed by atoms with Gasteiger partial charge in [0.05, 0.1) is 18.4 Å². The largest absolute Gasteiger partial charge is 0.384 e. The predicted molar refractivity (Wildman–Crippen MR) is 80.9 cm³/mol. The molecule has 0 bridgehead atoms. The van der Waals surface area contributed by atoms with E-state index in [1.165, 1.54) is 4.88 Å². The summed E-state index contributed by atoms with van der Waals surface area (Å²) < 4.78 is 0. The van der Waals surface area contributed by atoms with E-state index < -0.39 is 0 Å². The first kappa shape index (κ1) is 13.5. The van der Waals surface area contributed by atoms with E-state index in [0.717, 1.165) is 17.8 Å². The first-order chi connectivity index (χ1) is 9.09. The number of amidine groups is 1. The van der Waals surface area contributed by atoms with Crippen molar-refractivity contribution in [3.8, 4) is 0 Å². The minimum absolute atomic E-state index is 0.0780. The molecule has 100 valence electrons. The monoisotopic (exact) mass is 274 g/mol. The molecule has 3 N–H and O–H groups in total. The van der Waals surface area contributed by atoms with Crippen LogP contribution in [0.4, 0.5) is 5.69 Å². The summed E-state index contributed by atoms with van der Waals surface area (Å²) in [5.41, 5.74) is 7.31. The molecular formula is C14H18N4S. The minimum atomic E-state index is 0.0780. The molecular weight excluding hydrogens is 256 g/mol. The minimum Gasteiger partial charge on any atom is -0.384 e. The number of aromatic nitrogens is 1. The lowest BCUT2D eigenvalue weighted by Gasteiger charge is -2.29. The molecule has 2 rings (SSSR count). The number of nitrogens with zero attached hydrogens (tertiary/aromatic N) is 2. The lowest BCUT2D eigenvalue weighted by molar-refractivity contribution is 0.685. The maximum atomic E-state index is 7.69. The summed E-state index contributed by atoms with van der Waals surface area (Å²) >= 11 is 1.73. The number of nitrogen functional groups attached to an aromatic ring is 1. The lowest BCUT2D eigenvalue weighted by atomic mass is 10.1. The third-order valence-corrected chi connectivity index (χ3v) is 3.79. The van der Waals surface area contributed by atoms with Crippen LogP contribution in [0.25, 0.3) is 0 Å². The third-order valence-electron chi connectivity index (χ3n) is 2.93. The Balaban J connectivity index is 2.36. The molecule has 0 unspecified atom stereocenters. The van der Waals surface area contributed by atoms with Crippen molar-refractivity contribution in [2.24, 2.45) is 5.73 Å². The Morgan fingerprint density at radius 2 is 2.26 bits per heavy atom. The van der Waals surface area contributed by atoms with Crippen molar-refractivity contribution in [1.82, 2.24) is 4.98 Å². The van der Waals surface area contributed by atoms with E-state index >= 15 is 0 Å². The number of nitrogens with one attached hydrogen (secondary N) is 1. The summed E-state index contributed by atoms with van der Waals surface area (Å²) in [7, 11) is 0. The molecule has 0 saturated heterocycles. The number of nitrogens with two attached hydrogens (primary N) is 1. The normalized spacial score (nSPS) is 10.7. The Morgan fingerprint density at radius 3 is 2.84 bits per heavy atom. The topological polar surface area (TPSA) is 66.0 Å². The van der Waals surface area contributed by atoms with Gasteiger partial charge >= 0.3 is 0 Å². The Kier molecular flexibility index (Phi) is 4.16. The maximum Gasteiger partial charge on any atom is 0.125 e. The fourth-order valence-electron chi connectivity index (χ4n) is 1.96. The van der Waals surface area contributed by atoms with Crippen LogP contribution in [0.1, 0.15) is 24.3 Å². The summed E-state index contributed by atoms with van der Waals surface area (Å²) in [6.07, 6.45) is 3.45. The van der Waals surface area contributed by atoms with Gasteiger partial charge in [0.1, 0.15) is 5.84 Å². The van der Waals surface area contributed by atoms with Gasteiger partial charge in [-0.3, -0.25) is 10.4 Å².